The summed E-state index contributed by atoms with van der Waals surface area (Å²) in [7, 11) is 0. The predicted molar refractivity (Wildman–Crippen MR) is 74.7 cm³/mol. The third kappa shape index (κ3) is 3.45. The Bertz CT molecular complexity index is 387. The lowest BCUT2D eigenvalue weighted by Crippen LogP contribution is -2.42. The molecule has 3 nitrogen and oxygen atoms in total. The third-order valence-electron chi connectivity index (χ3n) is 4.04. The van der Waals surface area contributed by atoms with E-state index < -0.39 is 5.60 Å². The van der Waals surface area contributed by atoms with Gasteiger partial charge in [-0.25, -0.2) is 4.98 Å². The van der Waals surface area contributed by atoms with Crippen molar-refractivity contribution in [2.45, 2.75) is 52.1 Å². The van der Waals surface area contributed by atoms with Crippen molar-refractivity contribution in [2.75, 3.05) is 11.9 Å². The molecule has 0 aromatic carbocycles. The Morgan fingerprint density at radius 1 is 1.22 bits per heavy atom. The van der Waals surface area contributed by atoms with Crippen LogP contribution in [0.3, 0.4) is 0 Å². The average Bonchev–Trinajstić information content (AvgIpc) is 2.33. The zero-order valence-electron chi connectivity index (χ0n) is 11.7. The number of pyridine rings is 1. The molecule has 0 aliphatic heterocycles. The molecule has 0 radical (unpaired) electrons. The molecule has 3 heteroatoms. The zero-order valence-corrected chi connectivity index (χ0v) is 11.7. The molecule has 1 saturated carbocycles. The van der Waals surface area contributed by atoms with Gasteiger partial charge in [-0.15, -0.1) is 0 Å². The second-order valence-electron chi connectivity index (χ2n) is 6.46. The summed E-state index contributed by atoms with van der Waals surface area (Å²) in [6.07, 6.45) is 5.77. The quantitative estimate of drug-likeness (QED) is 0.863. The standard InChI is InChI=1S/C15H24N2O/c1-12-4-5-13(16-10-12)17-11-15(18)8-6-14(2,3)7-9-15/h4-5,10,18H,6-9,11H2,1-3H3,(H,16,17). The highest BCUT2D eigenvalue weighted by atomic mass is 16.3. The molecule has 1 heterocycles. The minimum absolute atomic E-state index is 0.383. The Morgan fingerprint density at radius 3 is 2.44 bits per heavy atom. The Morgan fingerprint density at radius 2 is 1.89 bits per heavy atom. The molecule has 1 fully saturated rings. The molecule has 0 atom stereocenters. The van der Waals surface area contributed by atoms with E-state index in [0.29, 0.717) is 12.0 Å². The van der Waals surface area contributed by atoms with Crippen LogP contribution in [0.2, 0.25) is 0 Å². The maximum Gasteiger partial charge on any atom is 0.125 e. The fourth-order valence-corrected chi connectivity index (χ4v) is 2.40. The van der Waals surface area contributed by atoms with Gasteiger partial charge in [0.05, 0.1) is 5.60 Å². The van der Waals surface area contributed by atoms with Crippen LogP contribution in [0.5, 0.6) is 0 Å². The molecule has 0 unspecified atom stereocenters. The normalized spacial score (nSPS) is 21.6. The minimum atomic E-state index is -0.567. The molecule has 2 rings (SSSR count). The monoisotopic (exact) mass is 248 g/mol. The third-order valence-corrected chi connectivity index (χ3v) is 4.04. The lowest BCUT2D eigenvalue weighted by Gasteiger charge is -2.40. The average molecular weight is 248 g/mol. The van der Waals surface area contributed by atoms with Gasteiger partial charge >= 0.3 is 0 Å². The molecule has 2 N–H and O–H groups in total. The van der Waals surface area contributed by atoms with Crippen LogP contribution in [0, 0.1) is 12.3 Å². The lowest BCUT2D eigenvalue weighted by atomic mass is 9.71. The van der Waals surface area contributed by atoms with Crippen molar-refractivity contribution in [3.05, 3.63) is 23.9 Å². The van der Waals surface area contributed by atoms with Gasteiger partial charge in [0.25, 0.3) is 0 Å². The van der Waals surface area contributed by atoms with Gasteiger partial charge in [0.1, 0.15) is 5.82 Å². The first-order valence-electron chi connectivity index (χ1n) is 6.78. The van der Waals surface area contributed by atoms with Crippen LogP contribution in [-0.2, 0) is 0 Å². The van der Waals surface area contributed by atoms with E-state index in [1.807, 2.05) is 25.3 Å². The number of hydrogen-bond donors (Lipinski definition) is 2. The van der Waals surface area contributed by atoms with E-state index in [0.717, 1.165) is 37.1 Å². The minimum Gasteiger partial charge on any atom is -0.388 e. The van der Waals surface area contributed by atoms with Crippen molar-refractivity contribution >= 4 is 5.82 Å². The predicted octanol–water partition coefficient (Wildman–Crippen LogP) is 3.13. The van der Waals surface area contributed by atoms with Crippen molar-refractivity contribution in [1.29, 1.82) is 0 Å². The second kappa shape index (κ2) is 4.88. The highest BCUT2D eigenvalue weighted by Gasteiger charge is 2.36. The van der Waals surface area contributed by atoms with Crippen molar-refractivity contribution in [2.24, 2.45) is 5.41 Å². The van der Waals surface area contributed by atoms with Crippen LogP contribution in [0.1, 0.15) is 45.1 Å². The first-order valence-corrected chi connectivity index (χ1v) is 6.78. The van der Waals surface area contributed by atoms with Gasteiger partial charge in [0.2, 0.25) is 0 Å². The molecule has 1 aliphatic rings. The SMILES string of the molecule is Cc1ccc(NCC2(O)CCC(C)(C)CC2)nc1. The number of hydrogen-bond acceptors (Lipinski definition) is 3. The Hall–Kier alpha value is -1.09. The Labute approximate surface area is 110 Å². The first kappa shape index (κ1) is 13.3. The van der Waals surface area contributed by atoms with Crippen molar-refractivity contribution in [1.82, 2.24) is 4.98 Å². The van der Waals surface area contributed by atoms with Crippen LogP contribution in [0.15, 0.2) is 18.3 Å². The van der Waals surface area contributed by atoms with Crippen molar-refractivity contribution in [3.63, 3.8) is 0 Å². The molecule has 0 saturated heterocycles. The maximum atomic E-state index is 10.5. The molecular weight excluding hydrogens is 224 g/mol. The molecule has 100 valence electrons. The molecule has 1 aromatic heterocycles. The Kier molecular flexibility index (Phi) is 3.62. The van der Waals surface area contributed by atoms with E-state index in [1.165, 1.54) is 0 Å². The fourth-order valence-electron chi connectivity index (χ4n) is 2.40. The summed E-state index contributed by atoms with van der Waals surface area (Å²) in [4.78, 5) is 4.30. The van der Waals surface area contributed by atoms with E-state index in [9.17, 15) is 5.11 Å². The van der Waals surface area contributed by atoms with E-state index >= 15 is 0 Å². The first-order chi connectivity index (χ1) is 8.39. The Balaban J connectivity index is 1.88. The lowest BCUT2D eigenvalue weighted by molar-refractivity contribution is -0.0145. The van der Waals surface area contributed by atoms with E-state index in [2.05, 4.69) is 24.1 Å². The van der Waals surface area contributed by atoms with Gasteiger partial charge in [-0.05, 0) is 49.7 Å². The van der Waals surface area contributed by atoms with Gasteiger partial charge < -0.3 is 10.4 Å². The topological polar surface area (TPSA) is 45.1 Å². The van der Waals surface area contributed by atoms with Crippen LogP contribution >= 0.6 is 0 Å². The second-order valence-corrected chi connectivity index (χ2v) is 6.46. The van der Waals surface area contributed by atoms with Gasteiger partial charge in [0.15, 0.2) is 0 Å². The van der Waals surface area contributed by atoms with Crippen LogP contribution < -0.4 is 5.32 Å². The van der Waals surface area contributed by atoms with Crippen LogP contribution in [-0.4, -0.2) is 22.2 Å². The van der Waals surface area contributed by atoms with E-state index in [-0.39, 0.29) is 0 Å². The van der Waals surface area contributed by atoms with Gasteiger partial charge in [-0.1, -0.05) is 19.9 Å². The van der Waals surface area contributed by atoms with E-state index in [1.54, 1.807) is 0 Å². The van der Waals surface area contributed by atoms with Gasteiger partial charge in [0, 0.05) is 12.7 Å². The highest BCUT2D eigenvalue weighted by Crippen LogP contribution is 2.40. The van der Waals surface area contributed by atoms with Crippen LogP contribution in [0.25, 0.3) is 0 Å². The molecule has 18 heavy (non-hydrogen) atoms. The van der Waals surface area contributed by atoms with Crippen molar-refractivity contribution < 1.29 is 5.11 Å². The molecule has 1 aliphatic carbocycles. The van der Waals surface area contributed by atoms with Crippen LogP contribution in [0.4, 0.5) is 5.82 Å². The van der Waals surface area contributed by atoms with Gasteiger partial charge in [-0.2, -0.15) is 0 Å². The number of aryl methyl sites for hydroxylation is 1. The smallest absolute Gasteiger partial charge is 0.125 e. The molecular formula is C15H24N2O. The molecule has 0 amide bonds. The molecule has 1 aromatic rings. The number of nitrogens with zero attached hydrogens (tertiary/aromatic N) is 1. The summed E-state index contributed by atoms with van der Waals surface area (Å²) < 4.78 is 0. The summed E-state index contributed by atoms with van der Waals surface area (Å²) >= 11 is 0. The zero-order chi connectivity index (χ0) is 13.2. The van der Waals surface area contributed by atoms with E-state index in [4.69, 9.17) is 0 Å². The number of rotatable bonds is 3. The number of aromatic nitrogens is 1. The number of nitrogens with one attached hydrogen (secondary N) is 1. The summed E-state index contributed by atoms with van der Waals surface area (Å²) in [5, 5.41) is 13.8. The maximum absolute atomic E-state index is 10.5. The number of aliphatic hydroxyl groups is 1. The summed E-state index contributed by atoms with van der Waals surface area (Å²) in [6, 6.07) is 3.99. The van der Waals surface area contributed by atoms with Gasteiger partial charge in [-0.3, -0.25) is 0 Å². The summed E-state index contributed by atoms with van der Waals surface area (Å²) in [6.45, 7) is 7.18. The summed E-state index contributed by atoms with van der Waals surface area (Å²) in [5.41, 5.74) is 0.967. The highest BCUT2D eigenvalue weighted by molar-refractivity contribution is 5.35. The molecule has 0 bridgehead atoms. The van der Waals surface area contributed by atoms with Crippen molar-refractivity contribution in [3.8, 4) is 0 Å². The molecule has 0 spiro atoms. The summed E-state index contributed by atoms with van der Waals surface area (Å²) in [5.74, 6) is 0.846. The fraction of sp³-hybridized carbons (Fsp3) is 0.667. The largest absolute Gasteiger partial charge is 0.388 e. The number of anilines is 1.